The summed E-state index contributed by atoms with van der Waals surface area (Å²) in [6.45, 7) is 7.58. The Bertz CT molecular complexity index is 980. The lowest BCUT2D eigenvalue weighted by atomic mass is 10.0. The number of hydrogen-bond donors (Lipinski definition) is 1. The number of anilines is 2. The molecular weight excluding hydrogens is 370 g/mol. The number of carbonyl (C=O) groups is 1. The molecule has 1 N–H and O–H groups in total. The monoisotopic (exact) mass is 399 g/mol. The van der Waals surface area contributed by atoms with Gasteiger partial charge in [-0.2, -0.15) is 0 Å². The Labute approximate surface area is 179 Å². The number of rotatable bonds is 5. The third-order valence-electron chi connectivity index (χ3n) is 5.82. The van der Waals surface area contributed by atoms with Gasteiger partial charge in [0, 0.05) is 37.6 Å². The Hall–Kier alpha value is -3.11. The summed E-state index contributed by atoms with van der Waals surface area (Å²) in [7, 11) is 0. The quantitative estimate of drug-likeness (QED) is 0.669. The molecule has 3 aromatic rings. The van der Waals surface area contributed by atoms with Crippen LogP contribution in [0.1, 0.15) is 22.7 Å². The first-order valence-corrected chi connectivity index (χ1v) is 10.6. The van der Waals surface area contributed by atoms with Crippen molar-refractivity contribution in [2.45, 2.75) is 19.9 Å². The number of benzene rings is 3. The highest BCUT2D eigenvalue weighted by molar-refractivity contribution is 5.96. The van der Waals surface area contributed by atoms with Crippen molar-refractivity contribution in [1.82, 2.24) is 4.90 Å². The van der Waals surface area contributed by atoms with Crippen molar-refractivity contribution in [2.24, 2.45) is 0 Å². The molecule has 1 aliphatic rings. The van der Waals surface area contributed by atoms with E-state index in [1.807, 2.05) is 44.2 Å². The average Bonchev–Trinajstić information content (AvgIpc) is 2.78. The van der Waals surface area contributed by atoms with Crippen LogP contribution in [0.3, 0.4) is 0 Å². The van der Waals surface area contributed by atoms with Gasteiger partial charge >= 0.3 is 0 Å². The summed E-state index contributed by atoms with van der Waals surface area (Å²) in [6.07, 6.45) is 0. The number of carbonyl (C=O) groups excluding carboxylic acids is 1. The summed E-state index contributed by atoms with van der Waals surface area (Å²) in [5, 5.41) is 3.20. The minimum Gasteiger partial charge on any atom is -0.369 e. The van der Waals surface area contributed by atoms with Gasteiger partial charge in [0.25, 0.3) is 0 Å². The molecule has 1 atom stereocenters. The number of amides is 1. The van der Waals surface area contributed by atoms with E-state index in [1.165, 1.54) is 5.69 Å². The first-order valence-electron chi connectivity index (χ1n) is 10.6. The largest absolute Gasteiger partial charge is 0.369 e. The molecule has 1 fully saturated rings. The zero-order chi connectivity index (χ0) is 20.9. The van der Waals surface area contributed by atoms with Gasteiger partial charge in [-0.15, -0.1) is 0 Å². The second kappa shape index (κ2) is 9.14. The van der Waals surface area contributed by atoms with Gasteiger partial charge in [-0.05, 0) is 48.7 Å². The molecule has 1 amide bonds. The maximum Gasteiger partial charge on any atom is 0.246 e. The molecule has 154 valence electrons. The average molecular weight is 400 g/mol. The van der Waals surface area contributed by atoms with Crippen LogP contribution in [0.4, 0.5) is 11.4 Å². The molecule has 0 unspecified atom stereocenters. The molecular formula is C26H29N3O. The van der Waals surface area contributed by atoms with Crippen molar-refractivity contribution in [2.75, 3.05) is 36.4 Å². The molecule has 0 spiro atoms. The van der Waals surface area contributed by atoms with Crippen molar-refractivity contribution >= 4 is 17.3 Å². The fourth-order valence-corrected chi connectivity index (χ4v) is 4.11. The van der Waals surface area contributed by atoms with Gasteiger partial charge in [0.2, 0.25) is 5.91 Å². The number of piperazine rings is 1. The number of hydrogen-bond acceptors (Lipinski definition) is 3. The van der Waals surface area contributed by atoms with Crippen molar-refractivity contribution in [3.05, 3.63) is 95.6 Å². The Morgan fingerprint density at radius 2 is 1.47 bits per heavy atom. The van der Waals surface area contributed by atoms with Crippen LogP contribution in [0.25, 0.3) is 0 Å². The van der Waals surface area contributed by atoms with Crippen LogP contribution < -0.4 is 10.2 Å². The maximum atomic E-state index is 13.5. The lowest BCUT2D eigenvalue weighted by molar-refractivity contribution is -0.121. The highest BCUT2D eigenvalue weighted by atomic mass is 16.2. The van der Waals surface area contributed by atoms with Crippen LogP contribution in [0, 0.1) is 13.8 Å². The van der Waals surface area contributed by atoms with Gasteiger partial charge in [0.1, 0.15) is 6.04 Å². The highest BCUT2D eigenvalue weighted by Crippen LogP contribution is 2.27. The van der Waals surface area contributed by atoms with Gasteiger partial charge in [-0.1, -0.05) is 60.7 Å². The first kappa shape index (κ1) is 20.2. The molecule has 4 heteroatoms. The van der Waals surface area contributed by atoms with E-state index in [0.717, 1.165) is 48.6 Å². The summed E-state index contributed by atoms with van der Waals surface area (Å²) in [5.74, 6) is 0.0306. The predicted octanol–water partition coefficient (Wildman–Crippen LogP) is 4.81. The SMILES string of the molecule is Cc1ccc(C)c(NC(=O)[C@@H](c2ccccc2)N2CCN(c3ccccc3)CC2)c1. The van der Waals surface area contributed by atoms with Crippen LogP contribution in [0.15, 0.2) is 78.9 Å². The summed E-state index contributed by atoms with van der Waals surface area (Å²) in [5.41, 5.74) is 5.39. The third kappa shape index (κ3) is 4.55. The Kier molecular flexibility index (Phi) is 6.15. The predicted molar refractivity (Wildman–Crippen MR) is 124 cm³/mol. The van der Waals surface area contributed by atoms with Gasteiger partial charge in [0.05, 0.1) is 0 Å². The lowest BCUT2D eigenvalue weighted by Crippen LogP contribution is -2.50. The van der Waals surface area contributed by atoms with Crippen LogP contribution in [0.5, 0.6) is 0 Å². The number of nitrogens with one attached hydrogen (secondary N) is 1. The molecule has 3 aromatic carbocycles. The van der Waals surface area contributed by atoms with E-state index < -0.39 is 0 Å². The zero-order valence-electron chi connectivity index (χ0n) is 17.7. The van der Waals surface area contributed by atoms with Crippen molar-refractivity contribution in [1.29, 1.82) is 0 Å². The summed E-state index contributed by atoms with van der Waals surface area (Å²) in [6, 6.07) is 26.5. The van der Waals surface area contributed by atoms with Crippen LogP contribution >= 0.6 is 0 Å². The normalized spacial score (nSPS) is 15.6. The molecule has 0 aliphatic carbocycles. The standard InChI is InChI=1S/C26H29N3O/c1-20-13-14-21(2)24(19-20)27-26(30)25(22-9-5-3-6-10-22)29-17-15-28(16-18-29)23-11-7-4-8-12-23/h3-14,19,25H,15-18H2,1-2H3,(H,27,30)/t25-/m1/s1. The van der Waals surface area contributed by atoms with E-state index in [-0.39, 0.29) is 11.9 Å². The van der Waals surface area contributed by atoms with Crippen molar-refractivity contribution in [3.63, 3.8) is 0 Å². The Morgan fingerprint density at radius 3 is 2.13 bits per heavy atom. The molecule has 0 aromatic heterocycles. The smallest absolute Gasteiger partial charge is 0.246 e. The zero-order valence-corrected chi connectivity index (χ0v) is 17.7. The highest BCUT2D eigenvalue weighted by Gasteiger charge is 2.30. The minimum absolute atomic E-state index is 0.0306. The van der Waals surface area contributed by atoms with E-state index >= 15 is 0 Å². The second-order valence-electron chi connectivity index (χ2n) is 7.98. The molecule has 4 nitrogen and oxygen atoms in total. The fourth-order valence-electron chi connectivity index (χ4n) is 4.11. The maximum absolute atomic E-state index is 13.5. The molecule has 0 radical (unpaired) electrons. The summed E-state index contributed by atoms with van der Waals surface area (Å²) in [4.78, 5) is 18.2. The van der Waals surface area contributed by atoms with Gasteiger partial charge in [-0.25, -0.2) is 0 Å². The number of nitrogens with zero attached hydrogens (tertiary/aromatic N) is 2. The van der Waals surface area contributed by atoms with Gasteiger partial charge in [-0.3, -0.25) is 9.69 Å². The molecule has 0 saturated carbocycles. The van der Waals surface area contributed by atoms with E-state index in [1.54, 1.807) is 0 Å². The van der Waals surface area contributed by atoms with Crippen molar-refractivity contribution < 1.29 is 4.79 Å². The lowest BCUT2D eigenvalue weighted by Gasteiger charge is -2.39. The fraction of sp³-hybridized carbons (Fsp3) is 0.269. The molecule has 30 heavy (non-hydrogen) atoms. The molecule has 0 bridgehead atoms. The van der Waals surface area contributed by atoms with Gasteiger partial charge in [0.15, 0.2) is 0 Å². The van der Waals surface area contributed by atoms with Crippen LogP contribution in [0.2, 0.25) is 0 Å². The molecule has 1 aliphatic heterocycles. The minimum atomic E-state index is -0.302. The van der Waals surface area contributed by atoms with Crippen LogP contribution in [-0.4, -0.2) is 37.0 Å². The van der Waals surface area contributed by atoms with Gasteiger partial charge < -0.3 is 10.2 Å². The molecule has 1 saturated heterocycles. The summed E-state index contributed by atoms with van der Waals surface area (Å²) >= 11 is 0. The number of para-hydroxylation sites is 1. The van der Waals surface area contributed by atoms with E-state index in [9.17, 15) is 4.79 Å². The van der Waals surface area contributed by atoms with E-state index in [4.69, 9.17) is 0 Å². The van der Waals surface area contributed by atoms with Crippen LogP contribution in [-0.2, 0) is 4.79 Å². The number of aryl methyl sites for hydroxylation is 2. The van der Waals surface area contributed by atoms with E-state index in [0.29, 0.717) is 0 Å². The topological polar surface area (TPSA) is 35.6 Å². The first-order chi connectivity index (χ1) is 14.6. The Morgan fingerprint density at radius 1 is 0.833 bits per heavy atom. The molecule has 1 heterocycles. The van der Waals surface area contributed by atoms with Crippen molar-refractivity contribution in [3.8, 4) is 0 Å². The second-order valence-corrected chi connectivity index (χ2v) is 7.98. The van der Waals surface area contributed by atoms with E-state index in [2.05, 4.69) is 63.6 Å². The molecule has 4 rings (SSSR count). The Balaban J connectivity index is 1.54. The third-order valence-corrected chi connectivity index (χ3v) is 5.82. The summed E-state index contributed by atoms with van der Waals surface area (Å²) < 4.78 is 0.